The Labute approximate surface area is 108 Å². The number of carboxylic acids is 1. The van der Waals surface area contributed by atoms with Crippen molar-refractivity contribution in [2.24, 2.45) is 0 Å². The summed E-state index contributed by atoms with van der Waals surface area (Å²) in [5.41, 5.74) is 0.752. The van der Waals surface area contributed by atoms with Gasteiger partial charge in [0.2, 0.25) is 0 Å². The number of carbonyl (C=O) groups is 3. The second-order valence-corrected chi connectivity index (χ2v) is 4.08. The number of carbonyl (C=O) groups excluding carboxylic acids is 2. The molecular formula is C12H12N2O5. The number of carboxylic acid groups (broad SMARTS) is 1. The first kappa shape index (κ1) is 12.9. The van der Waals surface area contributed by atoms with E-state index in [2.05, 4.69) is 10.6 Å². The van der Waals surface area contributed by atoms with Crippen LogP contribution in [-0.4, -0.2) is 35.5 Å². The van der Waals surface area contributed by atoms with Crippen molar-refractivity contribution in [3.05, 3.63) is 23.8 Å². The number of hydrogen-bond donors (Lipinski definition) is 3. The van der Waals surface area contributed by atoms with Crippen LogP contribution in [-0.2, 0) is 9.59 Å². The van der Waals surface area contributed by atoms with Crippen LogP contribution in [0, 0.1) is 0 Å². The van der Waals surface area contributed by atoms with Crippen LogP contribution in [0.5, 0.6) is 5.75 Å². The second kappa shape index (κ2) is 4.97. The number of amides is 2. The molecule has 7 nitrogen and oxygen atoms in total. The molecule has 1 heterocycles. The molecule has 0 radical (unpaired) electrons. The maximum absolute atomic E-state index is 11.8. The molecule has 19 heavy (non-hydrogen) atoms. The van der Waals surface area contributed by atoms with E-state index in [9.17, 15) is 14.4 Å². The van der Waals surface area contributed by atoms with Crippen LogP contribution in [0.25, 0.3) is 0 Å². The quantitative estimate of drug-likeness (QED) is 0.724. The van der Waals surface area contributed by atoms with E-state index in [0.717, 1.165) is 0 Å². The van der Waals surface area contributed by atoms with Crippen molar-refractivity contribution in [1.82, 2.24) is 5.32 Å². The maximum Gasteiger partial charge on any atom is 0.325 e. The third kappa shape index (κ3) is 2.82. The number of nitrogens with one attached hydrogen (secondary N) is 2. The monoisotopic (exact) mass is 264 g/mol. The van der Waals surface area contributed by atoms with E-state index in [0.29, 0.717) is 11.4 Å². The van der Waals surface area contributed by atoms with E-state index in [1.807, 2.05) is 0 Å². The average molecular weight is 264 g/mol. The molecule has 0 fully saturated rings. The van der Waals surface area contributed by atoms with E-state index < -0.39 is 17.9 Å². The molecular weight excluding hydrogens is 252 g/mol. The summed E-state index contributed by atoms with van der Waals surface area (Å²) in [5.74, 6) is -1.51. The molecule has 0 saturated carbocycles. The number of anilines is 1. The van der Waals surface area contributed by atoms with Gasteiger partial charge in [-0.25, -0.2) is 0 Å². The van der Waals surface area contributed by atoms with Gasteiger partial charge in [-0.2, -0.15) is 0 Å². The lowest BCUT2D eigenvalue weighted by atomic mass is 10.1. The Kier molecular flexibility index (Phi) is 3.37. The van der Waals surface area contributed by atoms with Gasteiger partial charge in [-0.3, -0.25) is 14.4 Å². The molecule has 1 aromatic rings. The fraction of sp³-hybridized carbons (Fsp3) is 0.250. The number of benzene rings is 1. The molecule has 1 aliphatic rings. The lowest BCUT2D eigenvalue weighted by molar-refractivity contribution is -0.138. The van der Waals surface area contributed by atoms with Gasteiger partial charge in [0.05, 0.1) is 5.69 Å². The van der Waals surface area contributed by atoms with Crippen LogP contribution in [0.1, 0.15) is 17.3 Å². The first-order valence-electron chi connectivity index (χ1n) is 5.58. The summed E-state index contributed by atoms with van der Waals surface area (Å²) in [4.78, 5) is 33.5. The number of ether oxygens (including phenoxy) is 1. The van der Waals surface area contributed by atoms with Crippen molar-refractivity contribution in [2.75, 3.05) is 11.9 Å². The molecule has 0 spiro atoms. The van der Waals surface area contributed by atoms with Crippen molar-refractivity contribution in [3.63, 3.8) is 0 Å². The molecule has 3 N–H and O–H groups in total. The lowest BCUT2D eigenvalue weighted by Gasteiger charge is -2.18. The van der Waals surface area contributed by atoms with E-state index in [1.54, 1.807) is 0 Å². The fourth-order valence-electron chi connectivity index (χ4n) is 1.56. The molecule has 100 valence electrons. The zero-order valence-electron chi connectivity index (χ0n) is 10.1. The summed E-state index contributed by atoms with van der Waals surface area (Å²) in [7, 11) is 0. The highest BCUT2D eigenvalue weighted by Crippen LogP contribution is 2.28. The molecule has 1 atom stereocenters. The van der Waals surface area contributed by atoms with Gasteiger partial charge in [0.15, 0.2) is 6.61 Å². The van der Waals surface area contributed by atoms with E-state index in [-0.39, 0.29) is 18.1 Å². The first-order valence-corrected chi connectivity index (χ1v) is 5.58. The minimum atomic E-state index is -1.12. The van der Waals surface area contributed by atoms with Crippen LogP contribution in [0.15, 0.2) is 18.2 Å². The summed E-state index contributed by atoms with van der Waals surface area (Å²) in [6.45, 7) is 1.26. The Morgan fingerprint density at radius 1 is 1.47 bits per heavy atom. The van der Waals surface area contributed by atoms with Gasteiger partial charge in [-0.15, -0.1) is 0 Å². The molecule has 0 aromatic heterocycles. The summed E-state index contributed by atoms with van der Waals surface area (Å²) in [6.07, 6.45) is 0. The highest BCUT2D eigenvalue weighted by Gasteiger charge is 2.19. The second-order valence-electron chi connectivity index (χ2n) is 4.08. The maximum atomic E-state index is 11.8. The molecule has 0 aliphatic carbocycles. The molecule has 1 unspecified atom stereocenters. The minimum Gasteiger partial charge on any atom is -0.482 e. The molecule has 2 amide bonds. The summed E-state index contributed by atoms with van der Waals surface area (Å²) in [6, 6.07) is 3.49. The molecule has 0 bridgehead atoms. The molecule has 1 aromatic carbocycles. The Morgan fingerprint density at radius 3 is 2.89 bits per heavy atom. The van der Waals surface area contributed by atoms with Crippen molar-refractivity contribution >= 4 is 23.5 Å². The smallest absolute Gasteiger partial charge is 0.325 e. The van der Waals surface area contributed by atoms with Crippen molar-refractivity contribution in [2.45, 2.75) is 13.0 Å². The average Bonchev–Trinajstić information content (AvgIpc) is 2.37. The van der Waals surface area contributed by atoms with Crippen molar-refractivity contribution in [3.8, 4) is 5.75 Å². The Bertz CT molecular complexity index is 555. The predicted molar refractivity (Wildman–Crippen MR) is 65.1 cm³/mol. The summed E-state index contributed by atoms with van der Waals surface area (Å²) >= 11 is 0. The van der Waals surface area contributed by atoms with Crippen molar-refractivity contribution in [1.29, 1.82) is 0 Å². The number of aliphatic carboxylic acids is 1. The van der Waals surface area contributed by atoms with Crippen LogP contribution in [0.3, 0.4) is 0 Å². The first-order chi connectivity index (χ1) is 8.97. The SMILES string of the molecule is CC(NC(=O)c1ccc2c(c1)OCC(=O)N2)C(=O)O. The van der Waals surface area contributed by atoms with E-state index >= 15 is 0 Å². The standard InChI is InChI=1S/C12H12N2O5/c1-6(12(17)18)13-11(16)7-2-3-8-9(4-7)19-5-10(15)14-8/h2-4,6H,5H2,1H3,(H,13,16)(H,14,15)(H,17,18). The van der Waals surface area contributed by atoms with Crippen LogP contribution >= 0.6 is 0 Å². The predicted octanol–water partition coefficient (Wildman–Crippen LogP) is 0.220. The number of hydrogen-bond acceptors (Lipinski definition) is 4. The van der Waals surface area contributed by atoms with Gasteiger partial charge in [-0.1, -0.05) is 0 Å². The Morgan fingerprint density at radius 2 is 2.21 bits per heavy atom. The molecule has 1 aliphatic heterocycles. The van der Waals surface area contributed by atoms with Gasteiger partial charge in [-0.05, 0) is 25.1 Å². The fourth-order valence-corrected chi connectivity index (χ4v) is 1.56. The van der Waals surface area contributed by atoms with Crippen LogP contribution in [0.2, 0.25) is 0 Å². The minimum absolute atomic E-state index is 0.108. The Balaban J connectivity index is 2.16. The summed E-state index contributed by atoms with van der Waals surface area (Å²) in [5, 5.41) is 13.6. The van der Waals surface area contributed by atoms with E-state index in [4.69, 9.17) is 9.84 Å². The number of fused-ring (bicyclic) bond motifs is 1. The van der Waals surface area contributed by atoms with Gasteiger partial charge < -0.3 is 20.5 Å². The highest BCUT2D eigenvalue weighted by atomic mass is 16.5. The van der Waals surface area contributed by atoms with Crippen LogP contribution < -0.4 is 15.4 Å². The van der Waals surface area contributed by atoms with Gasteiger partial charge in [0.1, 0.15) is 11.8 Å². The van der Waals surface area contributed by atoms with Gasteiger partial charge in [0.25, 0.3) is 11.8 Å². The van der Waals surface area contributed by atoms with Gasteiger partial charge in [0, 0.05) is 5.56 Å². The van der Waals surface area contributed by atoms with E-state index in [1.165, 1.54) is 25.1 Å². The molecule has 0 saturated heterocycles. The zero-order valence-corrected chi connectivity index (χ0v) is 10.1. The number of rotatable bonds is 3. The largest absolute Gasteiger partial charge is 0.482 e. The molecule has 7 heteroatoms. The Hall–Kier alpha value is -2.57. The van der Waals surface area contributed by atoms with Crippen molar-refractivity contribution < 1.29 is 24.2 Å². The third-order valence-electron chi connectivity index (χ3n) is 2.59. The normalized spacial score (nSPS) is 14.7. The third-order valence-corrected chi connectivity index (χ3v) is 2.59. The zero-order chi connectivity index (χ0) is 14.0. The molecule has 2 rings (SSSR count). The van der Waals surface area contributed by atoms with Gasteiger partial charge >= 0.3 is 5.97 Å². The lowest BCUT2D eigenvalue weighted by Crippen LogP contribution is -2.38. The topological polar surface area (TPSA) is 105 Å². The highest BCUT2D eigenvalue weighted by molar-refractivity contribution is 6.00. The summed E-state index contributed by atoms with van der Waals surface area (Å²) < 4.78 is 5.17. The van der Waals surface area contributed by atoms with Crippen LogP contribution in [0.4, 0.5) is 5.69 Å².